The van der Waals surface area contributed by atoms with E-state index in [9.17, 15) is 15.0 Å². The predicted molar refractivity (Wildman–Crippen MR) is 54.7 cm³/mol. The van der Waals surface area contributed by atoms with Crippen molar-refractivity contribution in [2.24, 2.45) is 5.41 Å². The molecule has 0 aromatic heterocycles. The van der Waals surface area contributed by atoms with Gasteiger partial charge in [0.25, 0.3) is 0 Å². The van der Waals surface area contributed by atoms with E-state index in [-0.39, 0.29) is 6.61 Å². The molecule has 2 atom stereocenters. The third-order valence-corrected chi connectivity index (χ3v) is 3.37. The number of ether oxygens (including phenoxy) is 1. The number of hydrogen-bond acceptors (Lipinski definition) is 4. The molecule has 0 saturated carbocycles. The summed E-state index contributed by atoms with van der Waals surface area (Å²) in [6.07, 6.45) is 0.468. The molecule has 1 fully saturated rings. The van der Waals surface area contributed by atoms with E-state index in [1.165, 1.54) is 14.0 Å². The second kappa shape index (κ2) is 4.08. The van der Waals surface area contributed by atoms with Crippen molar-refractivity contribution < 1.29 is 19.7 Å². The largest absolute Gasteiger partial charge is 0.481 e. The second-order valence-electron chi connectivity index (χ2n) is 4.59. The number of carboxylic acid groups (broad SMARTS) is 1. The number of likely N-dealkylation sites (N-methyl/N-ethyl adjacent to an activating group) is 1. The minimum absolute atomic E-state index is 0.0205. The molecule has 0 bridgehead atoms. The van der Waals surface area contributed by atoms with Crippen molar-refractivity contribution in [1.29, 1.82) is 0 Å². The normalized spacial score (nSPS) is 31.5. The van der Waals surface area contributed by atoms with Crippen LogP contribution in [0.5, 0.6) is 0 Å². The molecular formula is C10H19NO4. The highest BCUT2D eigenvalue weighted by Crippen LogP contribution is 2.38. The topological polar surface area (TPSA) is 70.0 Å². The van der Waals surface area contributed by atoms with Crippen LogP contribution in [0.2, 0.25) is 0 Å². The van der Waals surface area contributed by atoms with Crippen molar-refractivity contribution >= 4 is 5.97 Å². The van der Waals surface area contributed by atoms with Crippen LogP contribution in [-0.2, 0) is 9.53 Å². The van der Waals surface area contributed by atoms with E-state index in [1.807, 2.05) is 11.9 Å². The third kappa shape index (κ3) is 2.00. The maximum absolute atomic E-state index is 11.3. The summed E-state index contributed by atoms with van der Waals surface area (Å²) in [7, 11) is 3.32. The Balaban J connectivity index is 2.93. The van der Waals surface area contributed by atoms with Crippen LogP contribution in [0.3, 0.4) is 0 Å². The first kappa shape index (κ1) is 12.4. The van der Waals surface area contributed by atoms with Crippen molar-refractivity contribution in [1.82, 2.24) is 4.90 Å². The highest BCUT2D eigenvalue weighted by Gasteiger charge is 2.55. The second-order valence-corrected chi connectivity index (χ2v) is 4.59. The van der Waals surface area contributed by atoms with Gasteiger partial charge in [-0.2, -0.15) is 0 Å². The summed E-state index contributed by atoms with van der Waals surface area (Å²) in [5.41, 5.74) is -2.45. The summed E-state index contributed by atoms with van der Waals surface area (Å²) in [6, 6.07) is 0. The molecule has 1 aliphatic rings. The molecule has 0 aromatic carbocycles. The molecule has 88 valence electrons. The van der Waals surface area contributed by atoms with E-state index in [2.05, 4.69) is 0 Å². The fourth-order valence-corrected chi connectivity index (χ4v) is 2.11. The molecule has 0 aromatic rings. The molecule has 0 aliphatic carbocycles. The Morgan fingerprint density at radius 3 is 2.60 bits per heavy atom. The van der Waals surface area contributed by atoms with Gasteiger partial charge < -0.3 is 19.8 Å². The molecule has 1 saturated heterocycles. The Hall–Kier alpha value is -0.650. The van der Waals surface area contributed by atoms with Crippen LogP contribution in [-0.4, -0.2) is 60.5 Å². The van der Waals surface area contributed by atoms with Crippen LogP contribution in [0, 0.1) is 5.41 Å². The van der Waals surface area contributed by atoms with Gasteiger partial charge in [0.2, 0.25) is 0 Å². The lowest BCUT2D eigenvalue weighted by Gasteiger charge is -2.38. The summed E-state index contributed by atoms with van der Waals surface area (Å²) < 4.78 is 4.92. The van der Waals surface area contributed by atoms with Crippen LogP contribution in [0.1, 0.15) is 13.3 Å². The molecule has 1 heterocycles. The van der Waals surface area contributed by atoms with Crippen molar-refractivity contribution in [2.45, 2.75) is 18.9 Å². The van der Waals surface area contributed by atoms with E-state index < -0.39 is 17.0 Å². The lowest BCUT2D eigenvalue weighted by molar-refractivity contribution is -0.172. The van der Waals surface area contributed by atoms with Crippen LogP contribution >= 0.6 is 0 Å². The zero-order valence-corrected chi connectivity index (χ0v) is 9.49. The van der Waals surface area contributed by atoms with Crippen molar-refractivity contribution in [3.8, 4) is 0 Å². The summed E-state index contributed by atoms with van der Waals surface area (Å²) in [4.78, 5) is 13.2. The van der Waals surface area contributed by atoms with E-state index >= 15 is 0 Å². The summed E-state index contributed by atoms with van der Waals surface area (Å²) >= 11 is 0. The van der Waals surface area contributed by atoms with Gasteiger partial charge in [-0.1, -0.05) is 0 Å². The van der Waals surface area contributed by atoms with Gasteiger partial charge in [-0.25, -0.2) is 0 Å². The average molecular weight is 217 g/mol. The van der Waals surface area contributed by atoms with Gasteiger partial charge in [0, 0.05) is 20.2 Å². The van der Waals surface area contributed by atoms with Crippen molar-refractivity contribution in [2.75, 3.05) is 33.9 Å². The maximum atomic E-state index is 11.3. The van der Waals surface area contributed by atoms with Crippen LogP contribution < -0.4 is 0 Å². The van der Waals surface area contributed by atoms with E-state index in [4.69, 9.17) is 4.74 Å². The number of aliphatic carboxylic acids is 1. The highest BCUT2D eigenvalue weighted by molar-refractivity contribution is 5.76. The van der Waals surface area contributed by atoms with Gasteiger partial charge in [-0.15, -0.1) is 0 Å². The first-order valence-corrected chi connectivity index (χ1v) is 4.99. The summed E-state index contributed by atoms with van der Waals surface area (Å²) in [5.74, 6) is -1.01. The van der Waals surface area contributed by atoms with Crippen molar-refractivity contribution in [3.05, 3.63) is 0 Å². The molecule has 5 heteroatoms. The number of carboxylic acids is 1. The Morgan fingerprint density at radius 1 is 1.67 bits per heavy atom. The lowest BCUT2D eigenvalue weighted by atomic mass is 9.73. The molecule has 5 nitrogen and oxygen atoms in total. The van der Waals surface area contributed by atoms with Gasteiger partial charge in [-0.05, 0) is 20.4 Å². The smallest absolute Gasteiger partial charge is 0.314 e. The minimum atomic E-state index is -1.24. The van der Waals surface area contributed by atoms with Crippen LogP contribution in [0.25, 0.3) is 0 Å². The fourth-order valence-electron chi connectivity index (χ4n) is 2.11. The SMILES string of the molecule is COCC(C)(C(=O)O)C1(O)CCN(C)C1. The molecule has 0 spiro atoms. The Kier molecular flexibility index (Phi) is 3.38. The van der Waals surface area contributed by atoms with Crippen LogP contribution in [0.15, 0.2) is 0 Å². The van der Waals surface area contributed by atoms with Crippen LogP contribution in [0.4, 0.5) is 0 Å². The van der Waals surface area contributed by atoms with Crippen molar-refractivity contribution in [3.63, 3.8) is 0 Å². The zero-order valence-electron chi connectivity index (χ0n) is 9.49. The standard InChI is InChI=1S/C10H19NO4/c1-9(7-15-3,8(12)13)10(14)4-5-11(2)6-10/h14H,4-7H2,1-3H3,(H,12,13). The Labute approximate surface area is 89.6 Å². The molecule has 15 heavy (non-hydrogen) atoms. The van der Waals surface area contributed by atoms with Gasteiger partial charge in [-0.3, -0.25) is 4.79 Å². The third-order valence-electron chi connectivity index (χ3n) is 3.37. The average Bonchev–Trinajstić information content (AvgIpc) is 2.47. The monoisotopic (exact) mass is 217 g/mol. The Morgan fingerprint density at radius 2 is 2.27 bits per heavy atom. The number of nitrogens with zero attached hydrogens (tertiary/aromatic N) is 1. The quantitative estimate of drug-likeness (QED) is 0.682. The van der Waals surface area contributed by atoms with E-state index in [1.54, 1.807) is 0 Å². The number of methoxy groups -OCH3 is 1. The Bertz CT molecular complexity index is 258. The lowest BCUT2D eigenvalue weighted by Crippen LogP contribution is -2.55. The number of carbonyl (C=O) groups is 1. The fraction of sp³-hybridized carbons (Fsp3) is 0.900. The van der Waals surface area contributed by atoms with Gasteiger partial charge >= 0.3 is 5.97 Å². The number of rotatable bonds is 4. The molecule has 1 rings (SSSR count). The molecule has 0 amide bonds. The van der Waals surface area contributed by atoms with E-state index in [0.29, 0.717) is 19.5 Å². The summed E-state index contributed by atoms with van der Waals surface area (Å²) in [6.45, 7) is 2.65. The van der Waals surface area contributed by atoms with Gasteiger partial charge in [0.1, 0.15) is 5.41 Å². The molecule has 2 unspecified atom stereocenters. The highest BCUT2D eigenvalue weighted by atomic mass is 16.5. The molecular weight excluding hydrogens is 198 g/mol. The first-order chi connectivity index (χ1) is 6.85. The first-order valence-electron chi connectivity index (χ1n) is 4.99. The molecule has 0 radical (unpaired) electrons. The summed E-state index contributed by atoms with van der Waals surface area (Å²) in [5, 5.41) is 19.6. The number of hydrogen-bond donors (Lipinski definition) is 2. The number of aliphatic hydroxyl groups is 1. The van der Waals surface area contributed by atoms with Gasteiger partial charge in [0.15, 0.2) is 0 Å². The minimum Gasteiger partial charge on any atom is -0.481 e. The maximum Gasteiger partial charge on any atom is 0.314 e. The zero-order chi connectivity index (χ0) is 11.7. The predicted octanol–water partition coefficient (Wildman–Crippen LogP) is -0.210. The molecule has 1 aliphatic heterocycles. The molecule has 2 N–H and O–H groups in total. The number of β-amino-alcohol motifs (C(OH)–C–C–N with tert-alkyl or cyclic N) is 1. The van der Waals surface area contributed by atoms with Gasteiger partial charge in [0.05, 0.1) is 12.2 Å². The van der Waals surface area contributed by atoms with E-state index in [0.717, 1.165) is 0 Å². The number of likely N-dealkylation sites (tertiary alicyclic amines) is 1.